The van der Waals surface area contributed by atoms with Crippen LogP contribution in [0.2, 0.25) is 0 Å². The number of nitrogens with one attached hydrogen (secondary N) is 1. The van der Waals surface area contributed by atoms with Gasteiger partial charge in [-0.3, -0.25) is 10.1 Å². The van der Waals surface area contributed by atoms with Crippen molar-refractivity contribution in [1.29, 1.82) is 0 Å². The molecule has 108 valence electrons. The first-order valence-corrected chi connectivity index (χ1v) is 7.37. The van der Waals surface area contributed by atoms with Gasteiger partial charge in [0.2, 0.25) is 0 Å². The van der Waals surface area contributed by atoms with E-state index < -0.39 is 0 Å². The highest BCUT2D eigenvalue weighted by molar-refractivity contribution is 5.61. The molecule has 3 atom stereocenters. The van der Waals surface area contributed by atoms with Crippen LogP contribution >= 0.6 is 0 Å². The molecule has 1 N–H and O–H groups in total. The Balaban J connectivity index is 1.74. The van der Waals surface area contributed by atoms with Crippen LogP contribution in [0.1, 0.15) is 32.1 Å². The number of nitro groups is 1. The van der Waals surface area contributed by atoms with Crippen LogP contribution in [-0.2, 0) is 0 Å². The zero-order chi connectivity index (χ0) is 14.1. The molecule has 0 aliphatic carbocycles. The average molecular weight is 275 g/mol. The van der Waals surface area contributed by atoms with Gasteiger partial charge in [-0.1, -0.05) is 18.6 Å². The van der Waals surface area contributed by atoms with Gasteiger partial charge >= 0.3 is 0 Å². The van der Waals surface area contributed by atoms with Crippen molar-refractivity contribution in [3.05, 3.63) is 34.4 Å². The highest BCUT2D eigenvalue weighted by atomic mass is 16.6. The van der Waals surface area contributed by atoms with E-state index >= 15 is 0 Å². The Morgan fingerprint density at radius 3 is 2.55 bits per heavy atom. The predicted molar refractivity (Wildman–Crippen MR) is 78.9 cm³/mol. The van der Waals surface area contributed by atoms with Crippen molar-refractivity contribution in [2.24, 2.45) is 0 Å². The maximum Gasteiger partial charge on any atom is 0.292 e. The fraction of sp³-hybridized carbons (Fsp3) is 0.600. The van der Waals surface area contributed by atoms with Gasteiger partial charge in [0.15, 0.2) is 0 Å². The van der Waals surface area contributed by atoms with Gasteiger partial charge < -0.3 is 10.2 Å². The minimum absolute atomic E-state index is 0.177. The molecule has 2 fully saturated rings. The Bertz CT molecular complexity index is 492. The number of hydrogen-bond acceptors (Lipinski definition) is 4. The molecular weight excluding hydrogens is 254 g/mol. The Labute approximate surface area is 119 Å². The molecule has 0 aromatic heterocycles. The first kappa shape index (κ1) is 13.4. The summed E-state index contributed by atoms with van der Waals surface area (Å²) >= 11 is 0. The van der Waals surface area contributed by atoms with E-state index in [0.717, 1.165) is 12.8 Å². The number of anilines is 1. The van der Waals surface area contributed by atoms with Crippen LogP contribution in [-0.4, -0.2) is 35.0 Å². The summed E-state index contributed by atoms with van der Waals surface area (Å²) < 4.78 is 0. The molecule has 0 saturated carbocycles. The molecule has 2 heterocycles. The van der Waals surface area contributed by atoms with Crippen molar-refractivity contribution >= 4 is 11.4 Å². The Hall–Kier alpha value is -1.62. The average Bonchev–Trinajstić information content (AvgIpc) is 2.40. The third-order valence-electron chi connectivity index (χ3n) is 4.80. The fourth-order valence-electron chi connectivity index (χ4n) is 3.71. The van der Waals surface area contributed by atoms with Gasteiger partial charge in [0.05, 0.1) is 4.92 Å². The molecule has 1 aromatic carbocycles. The van der Waals surface area contributed by atoms with Crippen LogP contribution in [0.15, 0.2) is 24.3 Å². The van der Waals surface area contributed by atoms with Crippen LogP contribution in [0.4, 0.5) is 11.4 Å². The first-order valence-electron chi connectivity index (χ1n) is 7.37. The van der Waals surface area contributed by atoms with E-state index in [2.05, 4.69) is 17.3 Å². The Kier molecular flexibility index (Phi) is 3.61. The molecule has 5 heteroatoms. The molecule has 1 aromatic rings. The standard InChI is InChI=1S/C15H21N3O2/c1-17-12-5-4-6-13(17)10-11(9-12)16-14-7-2-3-8-15(14)18(19)20/h2-3,7-8,11-13,16H,4-6,9-10H2,1H3/t11?,12-,13?/m1/s1. The van der Waals surface area contributed by atoms with Crippen LogP contribution in [0, 0.1) is 10.1 Å². The number of rotatable bonds is 3. The van der Waals surface area contributed by atoms with Crippen LogP contribution in [0.25, 0.3) is 0 Å². The summed E-state index contributed by atoms with van der Waals surface area (Å²) in [5.41, 5.74) is 0.835. The Morgan fingerprint density at radius 2 is 1.90 bits per heavy atom. The lowest BCUT2D eigenvalue weighted by molar-refractivity contribution is -0.384. The molecule has 2 aliphatic rings. The SMILES string of the molecule is CN1C2CCC[C@@H]1CC(Nc1ccccc1[N+](=O)[O-])C2. The van der Waals surface area contributed by atoms with Crippen molar-refractivity contribution in [3.8, 4) is 0 Å². The molecular formula is C15H21N3O2. The second kappa shape index (κ2) is 5.40. The lowest BCUT2D eigenvalue weighted by Crippen LogP contribution is -2.52. The Morgan fingerprint density at radius 1 is 1.25 bits per heavy atom. The highest BCUT2D eigenvalue weighted by Crippen LogP contribution is 2.35. The number of piperidine rings is 2. The van der Waals surface area contributed by atoms with E-state index in [0.29, 0.717) is 23.8 Å². The minimum atomic E-state index is -0.307. The van der Waals surface area contributed by atoms with E-state index in [1.807, 2.05) is 12.1 Å². The summed E-state index contributed by atoms with van der Waals surface area (Å²) in [6.45, 7) is 0. The van der Waals surface area contributed by atoms with Gasteiger partial charge in [0.25, 0.3) is 5.69 Å². The predicted octanol–water partition coefficient (Wildman–Crippen LogP) is 3.02. The van der Waals surface area contributed by atoms with E-state index in [-0.39, 0.29) is 10.6 Å². The fourth-order valence-corrected chi connectivity index (χ4v) is 3.71. The summed E-state index contributed by atoms with van der Waals surface area (Å²) in [5.74, 6) is 0. The van der Waals surface area contributed by atoms with Gasteiger partial charge in [0.1, 0.15) is 5.69 Å². The molecule has 2 bridgehead atoms. The summed E-state index contributed by atoms with van der Waals surface area (Å²) in [6, 6.07) is 8.55. The molecule has 0 radical (unpaired) electrons. The number of nitro benzene ring substituents is 1. The molecule has 2 unspecified atom stereocenters. The van der Waals surface area contributed by atoms with E-state index in [9.17, 15) is 10.1 Å². The lowest BCUT2D eigenvalue weighted by Gasteiger charge is -2.47. The smallest absolute Gasteiger partial charge is 0.292 e. The third-order valence-corrected chi connectivity index (χ3v) is 4.80. The number of para-hydroxylation sites is 2. The largest absolute Gasteiger partial charge is 0.377 e. The summed E-state index contributed by atoms with van der Waals surface area (Å²) in [5, 5.41) is 14.5. The zero-order valence-electron chi connectivity index (χ0n) is 11.8. The maximum absolute atomic E-state index is 11.1. The van der Waals surface area contributed by atoms with E-state index in [1.54, 1.807) is 12.1 Å². The maximum atomic E-state index is 11.1. The van der Waals surface area contributed by atoms with E-state index in [1.165, 1.54) is 19.3 Å². The highest BCUT2D eigenvalue weighted by Gasteiger charge is 2.36. The van der Waals surface area contributed by atoms with Crippen LogP contribution in [0.3, 0.4) is 0 Å². The topological polar surface area (TPSA) is 58.4 Å². The quantitative estimate of drug-likeness (QED) is 0.680. The van der Waals surface area contributed by atoms with Gasteiger partial charge in [-0.05, 0) is 38.8 Å². The van der Waals surface area contributed by atoms with Crippen molar-refractivity contribution in [2.75, 3.05) is 12.4 Å². The monoisotopic (exact) mass is 275 g/mol. The van der Waals surface area contributed by atoms with Crippen molar-refractivity contribution in [3.63, 3.8) is 0 Å². The second-order valence-corrected chi connectivity index (χ2v) is 5.99. The molecule has 0 spiro atoms. The molecule has 0 amide bonds. The van der Waals surface area contributed by atoms with Crippen molar-refractivity contribution < 1.29 is 4.92 Å². The normalized spacial score (nSPS) is 29.9. The van der Waals surface area contributed by atoms with Gasteiger partial charge in [-0.2, -0.15) is 0 Å². The molecule has 2 aliphatic heterocycles. The van der Waals surface area contributed by atoms with E-state index in [4.69, 9.17) is 0 Å². The summed E-state index contributed by atoms with van der Waals surface area (Å²) in [4.78, 5) is 13.3. The van der Waals surface area contributed by atoms with Gasteiger partial charge in [-0.15, -0.1) is 0 Å². The minimum Gasteiger partial charge on any atom is -0.377 e. The molecule has 3 rings (SSSR count). The van der Waals surface area contributed by atoms with Gasteiger partial charge in [-0.25, -0.2) is 0 Å². The van der Waals surface area contributed by atoms with Crippen LogP contribution in [0.5, 0.6) is 0 Å². The first-order chi connectivity index (χ1) is 9.65. The van der Waals surface area contributed by atoms with Crippen LogP contribution < -0.4 is 5.32 Å². The summed E-state index contributed by atoms with van der Waals surface area (Å²) in [7, 11) is 2.22. The number of hydrogen-bond donors (Lipinski definition) is 1. The van der Waals surface area contributed by atoms with Gasteiger partial charge in [0, 0.05) is 24.2 Å². The zero-order valence-corrected chi connectivity index (χ0v) is 11.8. The molecule has 20 heavy (non-hydrogen) atoms. The van der Waals surface area contributed by atoms with Crippen molar-refractivity contribution in [2.45, 2.75) is 50.2 Å². The lowest BCUT2D eigenvalue weighted by atomic mass is 9.82. The van der Waals surface area contributed by atoms with Crippen molar-refractivity contribution in [1.82, 2.24) is 4.90 Å². The third kappa shape index (κ3) is 2.50. The molecule has 5 nitrogen and oxygen atoms in total. The molecule has 2 saturated heterocycles. The second-order valence-electron chi connectivity index (χ2n) is 5.99. The number of nitrogens with zero attached hydrogens (tertiary/aromatic N) is 2. The number of fused-ring (bicyclic) bond motifs is 2. The summed E-state index contributed by atoms with van der Waals surface area (Å²) in [6.07, 6.45) is 5.99. The number of benzene rings is 1.